The molecular formula is C16H20N2O3. The van der Waals surface area contributed by atoms with Gasteiger partial charge < -0.3 is 15.7 Å². The molecule has 1 atom stereocenters. The third kappa shape index (κ3) is 2.73. The first kappa shape index (κ1) is 13.9. The highest BCUT2D eigenvalue weighted by Crippen LogP contribution is 2.35. The number of carboxylic acid groups (broad SMARTS) is 1. The molecule has 1 aromatic rings. The summed E-state index contributed by atoms with van der Waals surface area (Å²) in [6.07, 6.45) is 3.49. The van der Waals surface area contributed by atoms with Crippen LogP contribution in [0.4, 0.5) is 5.69 Å². The Morgan fingerprint density at radius 1 is 1.29 bits per heavy atom. The maximum Gasteiger partial charge on any atom is 0.305 e. The minimum absolute atomic E-state index is 0.0144. The third-order valence-electron chi connectivity index (χ3n) is 4.59. The van der Waals surface area contributed by atoms with Crippen LogP contribution in [0, 0.1) is 0 Å². The van der Waals surface area contributed by atoms with Crippen LogP contribution in [-0.4, -0.2) is 29.1 Å². The molecule has 1 saturated carbocycles. The average Bonchev–Trinajstić information content (AvgIpc) is 3.04. The lowest BCUT2D eigenvalue weighted by Crippen LogP contribution is -2.49. The Morgan fingerprint density at radius 2 is 2.00 bits per heavy atom. The van der Waals surface area contributed by atoms with Crippen LogP contribution in [0.15, 0.2) is 24.3 Å². The lowest BCUT2D eigenvalue weighted by molar-refractivity contribution is -0.139. The zero-order chi connectivity index (χ0) is 14.9. The lowest BCUT2D eigenvalue weighted by atomic mass is 9.91. The van der Waals surface area contributed by atoms with Crippen molar-refractivity contribution < 1.29 is 14.7 Å². The van der Waals surface area contributed by atoms with Gasteiger partial charge in [0.15, 0.2) is 0 Å². The molecule has 0 aromatic heterocycles. The minimum Gasteiger partial charge on any atom is -0.481 e. The molecule has 0 radical (unpaired) electrons. The molecule has 3 rings (SSSR count). The van der Waals surface area contributed by atoms with Crippen molar-refractivity contribution in [2.75, 3.05) is 11.9 Å². The van der Waals surface area contributed by atoms with Crippen molar-refractivity contribution in [3.05, 3.63) is 29.8 Å². The predicted molar refractivity (Wildman–Crippen MR) is 79.3 cm³/mol. The molecule has 0 spiro atoms. The molecular weight excluding hydrogens is 268 g/mol. The van der Waals surface area contributed by atoms with Gasteiger partial charge in [0.25, 0.3) is 0 Å². The highest BCUT2D eigenvalue weighted by atomic mass is 16.4. The molecule has 112 valence electrons. The second-order valence-electron chi connectivity index (χ2n) is 6.07. The number of fused-ring (bicyclic) bond motifs is 1. The molecule has 21 heavy (non-hydrogen) atoms. The van der Waals surface area contributed by atoms with Crippen LogP contribution in [0.25, 0.3) is 0 Å². The van der Waals surface area contributed by atoms with Crippen LogP contribution in [0.5, 0.6) is 0 Å². The lowest BCUT2D eigenvalue weighted by Gasteiger charge is -2.30. The van der Waals surface area contributed by atoms with Crippen LogP contribution in [-0.2, 0) is 9.59 Å². The van der Waals surface area contributed by atoms with E-state index in [0.717, 1.165) is 36.9 Å². The van der Waals surface area contributed by atoms with E-state index >= 15 is 0 Å². The van der Waals surface area contributed by atoms with E-state index in [4.69, 9.17) is 5.11 Å². The topological polar surface area (TPSA) is 78.4 Å². The fourth-order valence-corrected chi connectivity index (χ4v) is 3.55. The SMILES string of the molecule is O=C(O)CC1(NC(=O)C2CNc3ccccc32)CCCC1. The Bertz CT molecular complexity index is 564. The van der Waals surface area contributed by atoms with E-state index < -0.39 is 11.5 Å². The summed E-state index contributed by atoms with van der Waals surface area (Å²) in [5, 5.41) is 15.4. The van der Waals surface area contributed by atoms with Crippen molar-refractivity contribution in [2.45, 2.75) is 43.6 Å². The summed E-state index contributed by atoms with van der Waals surface area (Å²) >= 11 is 0. The van der Waals surface area contributed by atoms with Crippen LogP contribution >= 0.6 is 0 Å². The number of benzene rings is 1. The summed E-state index contributed by atoms with van der Waals surface area (Å²) in [6.45, 7) is 0.578. The summed E-state index contributed by atoms with van der Waals surface area (Å²) in [7, 11) is 0. The Labute approximate surface area is 123 Å². The number of amides is 1. The van der Waals surface area contributed by atoms with Crippen molar-refractivity contribution in [3.63, 3.8) is 0 Å². The molecule has 3 N–H and O–H groups in total. The zero-order valence-electron chi connectivity index (χ0n) is 11.9. The van der Waals surface area contributed by atoms with E-state index in [0.29, 0.717) is 6.54 Å². The Hall–Kier alpha value is -2.04. The highest BCUT2D eigenvalue weighted by Gasteiger charge is 2.40. The van der Waals surface area contributed by atoms with Gasteiger partial charge in [-0.1, -0.05) is 31.0 Å². The number of carbonyl (C=O) groups is 2. The zero-order valence-corrected chi connectivity index (χ0v) is 11.9. The number of hydrogen-bond donors (Lipinski definition) is 3. The van der Waals surface area contributed by atoms with E-state index in [1.54, 1.807) is 0 Å². The average molecular weight is 288 g/mol. The summed E-state index contributed by atoms with van der Waals surface area (Å²) in [6, 6.07) is 7.78. The number of nitrogens with one attached hydrogen (secondary N) is 2. The molecule has 5 heteroatoms. The first-order valence-corrected chi connectivity index (χ1v) is 7.46. The highest BCUT2D eigenvalue weighted by molar-refractivity contribution is 5.89. The van der Waals surface area contributed by atoms with Gasteiger partial charge in [-0.15, -0.1) is 0 Å². The number of para-hydroxylation sites is 1. The molecule has 1 aromatic carbocycles. The van der Waals surface area contributed by atoms with Gasteiger partial charge in [0.1, 0.15) is 0 Å². The van der Waals surface area contributed by atoms with Crippen molar-refractivity contribution in [1.82, 2.24) is 5.32 Å². The number of carbonyl (C=O) groups excluding carboxylic acids is 1. The monoisotopic (exact) mass is 288 g/mol. The smallest absolute Gasteiger partial charge is 0.305 e. The molecule has 1 aliphatic heterocycles. The van der Waals surface area contributed by atoms with Crippen molar-refractivity contribution in [3.8, 4) is 0 Å². The fourth-order valence-electron chi connectivity index (χ4n) is 3.55. The van der Waals surface area contributed by atoms with E-state index in [9.17, 15) is 9.59 Å². The quantitative estimate of drug-likeness (QED) is 0.793. The van der Waals surface area contributed by atoms with Crippen LogP contribution in [0.1, 0.15) is 43.6 Å². The number of hydrogen-bond acceptors (Lipinski definition) is 3. The van der Waals surface area contributed by atoms with E-state index in [1.807, 2.05) is 24.3 Å². The van der Waals surface area contributed by atoms with E-state index in [1.165, 1.54) is 0 Å². The van der Waals surface area contributed by atoms with Gasteiger partial charge in [0, 0.05) is 12.2 Å². The van der Waals surface area contributed by atoms with Crippen LogP contribution in [0.3, 0.4) is 0 Å². The molecule has 1 heterocycles. The fraction of sp³-hybridized carbons (Fsp3) is 0.500. The molecule has 5 nitrogen and oxygen atoms in total. The molecule has 0 saturated heterocycles. The largest absolute Gasteiger partial charge is 0.481 e. The Balaban J connectivity index is 1.75. The molecule has 2 aliphatic rings. The minimum atomic E-state index is -0.845. The number of anilines is 1. The van der Waals surface area contributed by atoms with Crippen molar-refractivity contribution in [2.24, 2.45) is 0 Å². The molecule has 1 fully saturated rings. The first-order chi connectivity index (χ1) is 10.1. The molecule has 1 aliphatic carbocycles. The van der Waals surface area contributed by atoms with Gasteiger partial charge in [0.05, 0.1) is 17.9 Å². The molecule has 1 amide bonds. The van der Waals surface area contributed by atoms with E-state index in [-0.39, 0.29) is 18.2 Å². The number of rotatable bonds is 4. The second-order valence-corrected chi connectivity index (χ2v) is 6.07. The Morgan fingerprint density at radius 3 is 2.71 bits per heavy atom. The predicted octanol–water partition coefficient (Wildman–Crippen LogP) is 2.10. The van der Waals surface area contributed by atoms with E-state index in [2.05, 4.69) is 10.6 Å². The summed E-state index contributed by atoms with van der Waals surface area (Å²) in [5.41, 5.74) is 1.44. The van der Waals surface area contributed by atoms with Gasteiger partial charge in [0.2, 0.25) is 5.91 Å². The van der Waals surface area contributed by atoms with Gasteiger partial charge in [-0.3, -0.25) is 9.59 Å². The summed E-state index contributed by atoms with van der Waals surface area (Å²) in [4.78, 5) is 23.7. The summed E-state index contributed by atoms with van der Waals surface area (Å²) < 4.78 is 0. The summed E-state index contributed by atoms with van der Waals surface area (Å²) in [5.74, 6) is -1.13. The van der Waals surface area contributed by atoms with Gasteiger partial charge >= 0.3 is 5.97 Å². The Kier molecular flexibility index (Phi) is 3.57. The van der Waals surface area contributed by atoms with Crippen LogP contribution in [0.2, 0.25) is 0 Å². The van der Waals surface area contributed by atoms with Crippen molar-refractivity contribution in [1.29, 1.82) is 0 Å². The number of carboxylic acids is 1. The number of aliphatic carboxylic acids is 1. The van der Waals surface area contributed by atoms with Crippen molar-refractivity contribution >= 4 is 17.6 Å². The normalized spacial score (nSPS) is 22.4. The van der Waals surface area contributed by atoms with Gasteiger partial charge in [-0.05, 0) is 24.5 Å². The standard InChI is InChI=1S/C16H20N2O3/c19-14(20)9-16(7-3-4-8-16)18-15(21)12-10-17-13-6-2-1-5-11(12)13/h1-2,5-6,12,17H,3-4,7-10H2,(H,18,21)(H,19,20). The van der Waals surface area contributed by atoms with Gasteiger partial charge in [-0.2, -0.15) is 0 Å². The van der Waals surface area contributed by atoms with Gasteiger partial charge in [-0.25, -0.2) is 0 Å². The molecule has 0 bridgehead atoms. The maximum atomic E-state index is 12.6. The van der Waals surface area contributed by atoms with Crippen LogP contribution < -0.4 is 10.6 Å². The third-order valence-corrected chi connectivity index (χ3v) is 4.59. The second kappa shape index (κ2) is 5.39. The maximum absolute atomic E-state index is 12.6. The first-order valence-electron chi connectivity index (χ1n) is 7.46. The molecule has 1 unspecified atom stereocenters.